The Balaban J connectivity index is 2.04. The molecule has 0 radical (unpaired) electrons. The summed E-state index contributed by atoms with van der Waals surface area (Å²) in [4.78, 5) is 16.6. The number of carbonyl (C=O) groups excluding carboxylic acids is 1. The van der Waals surface area contributed by atoms with Crippen LogP contribution in [0.1, 0.15) is 25.3 Å². The van der Waals surface area contributed by atoms with Gasteiger partial charge in [0.1, 0.15) is 11.5 Å². The number of hydrogen-bond acceptors (Lipinski definition) is 5. The van der Waals surface area contributed by atoms with Gasteiger partial charge in [-0.25, -0.2) is 4.99 Å². The van der Waals surface area contributed by atoms with Crippen molar-refractivity contribution in [1.29, 1.82) is 5.41 Å². The van der Waals surface area contributed by atoms with Gasteiger partial charge in [0.05, 0.1) is 19.2 Å². The summed E-state index contributed by atoms with van der Waals surface area (Å²) in [6.45, 7) is 1.84. The number of allylic oxidation sites excluding steroid dienone is 6. The number of nitrogens with zero attached hydrogens (tertiary/aromatic N) is 1. The number of carbonyl (C=O) groups is 1. The van der Waals surface area contributed by atoms with E-state index in [2.05, 4.69) is 10.3 Å². The molecular weight excluding hydrogens is 354 g/mol. The zero-order chi connectivity index (χ0) is 20.4. The maximum atomic E-state index is 12.3. The second-order valence-electron chi connectivity index (χ2n) is 6.10. The summed E-state index contributed by atoms with van der Waals surface area (Å²) >= 11 is 0. The molecule has 0 spiro atoms. The van der Waals surface area contributed by atoms with Crippen LogP contribution in [0.15, 0.2) is 77.2 Å². The Labute approximate surface area is 165 Å². The molecule has 1 amide bonds. The summed E-state index contributed by atoms with van der Waals surface area (Å²) in [6, 6.07) is 6.44. The zero-order valence-corrected chi connectivity index (χ0v) is 16.1. The van der Waals surface area contributed by atoms with E-state index in [1.54, 1.807) is 25.4 Å². The molecule has 0 unspecified atom stereocenters. The van der Waals surface area contributed by atoms with Crippen LogP contribution in [0, 0.1) is 5.41 Å². The molecule has 6 nitrogen and oxygen atoms in total. The zero-order valence-electron chi connectivity index (χ0n) is 16.1. The minimum atomic E-state index is -0.265. The van der Waals surface area contributed by atoms with Gasteiger partial charge in [0.15, 0.2) is 5.84 Å². The van der Waals surface area contributed by atoms with Gasteiger partial charge < -0.3 is 20.6 Å². The average molecular weight is 379 g/mol. The van der Waals surface area contributed by atoms with Crippen LogP contribution in [0.2, 0.25) is 0 Å². The third kappa shape index (κ3) is 6.72. The first-order valence-electron chi connectivity index (χ1n) is 9.04. The fourth-order valence-corrected chi connectivity index (χ4v) is 2.43. The number of aromatic hydroxyl groups is 1. The lowest BCUT2D eigenvalue weighted by Gasteiger charge is -2.08. The van der Waals surface area contributed by atoms with Crippen molar-refractivity contribution in [2.24, 2.45) is 4.99 Å². The molecule has 1 aromatic rings. The topological polar surface area (TPSA) is 94.8 Å². The molecule has 6 heteroatoms. The number of aliphatic imine (C=N–C) groups is 1. The van der Waals surface area contributed by atoms with Crippen LogP contribution in [0.25, 0.3) is 0 Å². The Morgan fingerprint density at radius 2 is 2.04 bits per heavy atom. The average Bonchev–Trinajstić information content (AvgIpc) is 2.93. The molecule has 2 rings (SSSR count). The van der Waals surface area contributed by atoms with Gasteiger partial charge in [-0.3, -0.25) is 4.79 Å². The Bertz CT molecular complexity index is 860. The third-order valence-corrected chi connectivity index (χ3v) is 4.02. The minimum absolute atomic E-state index is 0.138. The number of benzene rings is 1. The van der Waals surface area contributed by atoms with Gasteiger partial charge in [0.25, 0.3) is 0 Å². The molecule has 1 aromatic carbocycles. The van der Waals surface area contributed by atoms with Crippen molar-refractivity contribution in [3.63, 3.8) is 0 Å². The van der Waals surface area contributed by atoms with Crippen molar-refractivity contribution in [3.8, 4) is 5.75 Å². The lowest BCUT2D eigenvalue weighted by molar-refractivity contribution is -0.119. The summed E-state index contributed by atoms with van der Waals surface area (Å²) in [7, 11) is 1.63. The molecule has 0 bridgehead atoms. The van der Waals surface area contributed by atoms with Gasteiger partial charge in [-0.05, 0) is 54.3 Å². The van der Waals surface area contributed by atoms with Crippen LogP contribution < -0.4 is 5.32 Å². The highest BCUT2D eigenvalue weighted by molar-refractivity contribution is 6.42. The number of methoxy groups -OCH3 is 1. The van der Waals surface area contributed by atoms with Crippen LogP contribution in [0.5, 0.6) is 5.75 Å². The lowest BCUT2D eigenvalue weighted by Crippen LogP contribution is -2.36. The van der Waals surface area contributed by atoms with Crippen LogP contribution in [-0.4, -0.2) is 29.7 Å². The van der Waals surface area contributed by atoms with Crippen LogP contribution in [0.3, 0.4) is 0 Å². The Morgan fingerprint density at radius 1 is 1.29 bits per heavy atom. The standard InChI is InChI=1S/C22H25N3O3/c1-3-20(23)22(25-21(27)15-17-7-10-18(26)11-8-17)24-14-13-16-5-4-6-19(28-2)12-9-16/h5-14,23,26H,3-4,15H2,1-2H3,(H,24,25,27)/b14-13+,23-20?. The highest BCUT2D eigenvalue weighted by atomic mass is 16.5. The van der Waals surface area contributed by atoms with Gasteiger partial charge >= 0.3 is 0 Å². The molecule has 0 saturated heterocycles. The first-order valence-corrected chi connectivity index (χ1v) is 9.04. The fourth-order valence-electron chi connectivity index (χ4n) is 2.43. The van der Waals surface area contributed by atoms with Crippen molar-refractivity contribution in [3.05, 3.63) is 77.7 Å². The highest BCUT2D eigenvalue weighted by Gasteiger charge is 2.10. The number of phenols is 1. The van der Waals surface area contributed by atoms with Crippen LogP contribution >= 0.6 is 0 Å². The quantitative estimate of drug-likeness (QED) is 0.497. The van der Waals surface area contributed by atoms with Gasteiger partial charge in [0, 0.05) is 6.20 Å². The van der Waals surface area contributed by atoms with Crippen molar-refractivity contribution >= 4 is 17.5 Å². The van der Waals surface area contributed by atoms with Gasteiger partial charge in [0.2, 0.25) is 5.91 Å². The summed E-state index contributed by atoms with van der Waals surface area (Å²) in [5.74, 6) is 0.923. The number of rotatable bonds is 7. The number of phenolic OH excluding ortho intramolecular Hbond substituents is 1. The molecule has 146 valence electrons. The van der Waals surface area contributed by atoms with E-state index >= 15 is 0 Å². The summed E-state index contributed by atoms with van der Waals surface area (Å²) in [5, 5.41) is 20.1. The molecule has 0 atom stereocenters. The van der Waals surface area contributed by atoms with Crippen LogP contribution in [-0.2, 0) is 16.0 Å². The Hall–Kier alpha value is -3.41. The van der Waals surface area contributed by atoms with E-state index in [9.17, 15) is 9.90 Å². The molecule has 0 heterocycles. The molecular formula is C22H25N3O3. The van der Waals surface area contributed by atoms with Gasteiger partial charge in [-0.1, -0.05) is 31.2 Å². The smallest absolute Gasteiger partial charge is 0.229 e. The van der Waals surface area contributed by atoms with E-state index in [0.29, 0.717) is 6.42 Å². The number of nitrogens with one attached hydrogen (secondary N) is 2. The van der Waals surface area contributed by atoms with Crippen molar-refractivity contribution in [2.75, 3.05) is 7.11 Å². The van der Waals surface area contributed by atoms with E-state index < -0.39 is 0 Å². The van der Waals surface area contributed by atoms with Crippen molar-refractivity contribution in [1.82, 2.24) is 5.32 Å². The molecule has 28 heavy (non-hydrogen) atoms. The molecule has 0 aliphatic heterocycles. The van der Waals surface area contributed by atoms with Gasteiger partial charge in [-0.15, -0.1) is 0 Å². The monoisotopic (exact) mass is 379 g/mol. The second kappa shape index (κ2) is 10.7. The van der Waals surface area contributed by atoms with E-state index in [4.69, 9.17) is 10.1 Å². The lowest BCUT2D eigenvalue weighted by atomic mass is 10.1. The van der Waals surface area contributed by atoms with E-state index in [0.717, 1.165) is 23.3 Å². The third-order valence-electron chi connectivity index (χ3n) is 4.02. The predicted molar refractivity (Wildman–Crippen MR) is 111 cm³/mol. The molecule has 0 aromatic heterocycles. The predicted octanol–water partition coefficient (Wildman–Crippen LogP) is 3.81. The number of ether oxygens (including phenoxy) is 1. The second-order valence-corrected chi connectivity index (χ2v) is 6.10. The van der Waals surface area contributed by atoms with Gasteiger partial charge in [-0.2, -0.15) is 0 Å². The van der Waals surface area contributed by atoms with E-state index in [1.165, 1.54) is 12.1 Å². The molecule has 1 aliphatic carbocycles. The summed E-state index contributed by atoms with van der Waals surface area (Å²) in [5.41, 5.74) is 1.98. The largest absolute Gasteiger partial charge is 0.508 e. The van der Waals surface area contributed by atoms with Crippen molar-refractivity contribution < 1.29 is 14.6 Å². The minimum Gasteiger partial charge on any atom is -0.508 e. The Kier molecular flexibility index (Phi) is 7.96. The SMILES string of the molecule is CCC(=N)C(=N/C=C/C1=CCC=C(OC)C=C1)NC(=O)Cc1ccc(O)cc1. The highest BCUT2D eigenvalue weighted by Crippen LogP contribution is 2.12. The maximum Gasteiger partial charge on any atom is 0.229 e. The van der Waals surface area contributed by atoms with Crippen molar-refractivity contribution in [2.45, 2.75) is 26.2 Å². The first-order chi connectivity index (χ1) is 13.5. The van der Waals surface area contributed by atoms with E-state index in [1.807, 2.05) is 37.3 Å². The maximum absolute atomic E-state index is 12.3. The molecule has 0 saturated carbocycles. The fraction of sp³-hybridized carbons (Fsp3) is 0.227. The molecule has 1 aliphatic rings. The number of amides is 1. The summed E-state index contributed by atoms with van der Waals surface area (Å²) < 4.78 is 5.21. The molecule has 3 N–H and O–H groups in total. The Morgan fingerprint density at radius 3 is 2.71 bits per heavy atom. The molecule has 0 fully saturated rings. The summed E-state index contributed by atoms with van der Waals surface area (Å²) in [6.07, 6.45) is 12.5. The normalized spacial score (nSPS) is 14.3. The number of amidine groups is 1. The van der Waals surface area contributed by atoms with E-state index in [-0.39, 0.29) is 29.6 Å². The number of hydrogen-bond donors (Lipinski definition) is 3. The van der Waals surface area contributed by atoms with Crippen LogP contribution in [0.4, 0.5) is 0 Å². The first kappa shape index (κ1) is 20.9.